The molecule has 3 aromatic heterocycles. The first-order valence-corrected chi connectivity index (χ1v) is 14.3. The van der Waals surface area contributed by atoms with Gasteiger partial charge in [0.15, 0.2) is 17.2 Å². The van der Waals surface area contributed by atoms with Gasteiger partial charge in [0.2, 0.25) is 10.3 Å². The number of benzene rings is 1. The molecular formula is C28H29F2N5O3S. The molecule has 0 aliphatic carbocycles. The van der Waals surface area contributed by atoms with Crippen LogP contribution in [0.2, 0.25) is 0 Å². The fourth-order valence-corrected chi connectivity index (χ4v) is 6.86. The summed E-state index contributed by atoms with van der Waals surface area (Å²) in [4.78, 5) is 16.8. The predicted octanol–water partition coefficient (Wildman–Crippen LogP) is 4.41. The van der Waals surface area contributed by atoms with Gasteiger partial charge in [-0.3, -0.25) is 4.90 Å². The lowest BCUT2D eigenvalue weighted by Gasteiger charge is -2.39. The van der Waals surface area contributed by atoms with E-state index in [0.29, 0.717) is 23.7 Å². The van der Waals surface area contributed by atoms with Crippen LogP contribution in [0.1, 0.15) is 25.7 Å². The van der Waals surface area contributed by atoms with E-state index in [1.807, 2.05) is 17.2 Å². The van der Waals surface area contributed by atoms with E-state index >= 15 is 0 Å². The van der Waals surface area contributed by atoms with Crippen molar-refractivity contribution in [2.45, 2.75) is 25.7 Å². The number of aromatic amines is 1. The molecule has 0 amide bonds. The minimum atomic E-state index is -2.34. The zero-order valence-electron chi connectivity index (χ0n) is 21.3. The number of piperidine rings is 2. The summed E-state index contributed by atoms with van der Waals surface area (Å²) >= 11 is 0. The van der Waals surface area contributed by atoms with E-state index in [1.54, 1.807) is 12.4 Å². The van der Waals surface area contributed by atoms with Crippen molar-refractivity contribution in [2.75, 3.05) is 37.7 Å². The number of hydrogen-bond acceptors (Lipinski definition) is 6. The normalized spacial score (nSPS) is 19.0. The molecule has 1 atom stereocenters. The second-order valence-electron chi connectivity index (χ2n) is 10.3. The molecule has 0 spiro atoms. The molecule has 8 nitrogen and oxygen atoms in total. The summed E-state index contributed by atoms with van der Waals surface area (Å²) < 4.78 is 57.8. The van der Waals surface area contributed by atoms with Crippen molar-refractivity contribution in [1.82, 2.24) is 19.9 Å². The van der Waals surface area contributed by atoms with Gasteiger partial charge in [-0.2, -0.15) is 8.42 Å². The average Bonchev–Trinajstić information content (AvgIpc) is 3.42. The highest BCUT2D eigenvalue weighted by atomic mass is 32.2. The summed E-state index contributed by atoms with van der Waals surface area (Å²) in [5, 5.41) is 2.07. The fraction of sp³-hybridized carbons (Fsp3) is 0.393. The van der Waals surface area contributed by atoms with Crippen molar-refractivity contribution in [3.8, 4) is 5.75 Å². The van der Waals surface area contributed by atoms with Crippen molar-refractivity contribution in [3.63, 3.8) is 0 Å². The molecule has 6 rings (SSSR count). The Hall–Kier alpha value is -3.57. The number of pyridine rings is 2. The number of aromatic nitrogens is 3. The number of likely N-dealkylation sites (tertiary alicyclic amines) is 1. The van der Waals surface area contributed by atoms with Crippen LogP contribution in [0.15, 0.2) is 48.9 Å². The number of anilines is 1. The van der Waals surface area contributed by atoms with Gasteiger partial charge in [0.25, 0.3) is 0 Å². The molecule has 0 saturated carbocycles. The molecule has 204 valence electrons. The van der Waals surface area contributed by atoms with Gasteiger partial charge >= 0.3 is 0 Å². The highest BCUT2D eigenvalue weighted by molar-refractivity contribution is 7.72. The van der Waals surface area contributed by atoms with E-state index in [-0.39, 0.29) is 24.2 Å². The van der Waals surface area contributed by atoms with E-state index in [9.17, 15) is 17.2 Å². The van der Waals surface area contributed by atoms with Crippen molar-refractivity contribution >= 4 is 42.9 Å². The van der Waals surface area contributed by atoms with Crippen LogP contribution in [0.5, 0.6) is 5.75 Å². The number of hydrogen-bond donors (Lipinski definition) is 1. The standard InChI is InChI=1S/C28H29F2N5O3S/c29-20-3-4-25(22(30)14-20)38-17-18-2-1-11-35(16-18)28(39(36)37)19-7-12-34(13-8-19)24-6-10-31-23-15-33-27-21(26(23)24)5-9-32-27/h3-6,9-10,14-15,18-19,31H,1-2,7-8,11-13,16-17H2. The minimum absolute atomic E-state index is 0.00845. The zero-order chi connectivity index (χ0) is 26.9. The molecule has 2 aliphatic heterocycles. The van der Waals surface area contributed by atoms with Crippen LogP contribution in [-0.4, -0.2) is 66.0 Å². The summed E-state index contributed by atoms with van der Waals surface area (Å²) in [6.07, 6.45) is 8.58. The van der Waals surface area contributed by atoms with Crippen LogP contribution >= 0.6 is 0 Å². The van der Waals surface area contributed by atoms with E-state index in [2.05, 4.69) is 25.9 Å². The maximum absolute atomic E-state index is 14.0. The second-order valence-corrected chi connectivity index (χ2v) is 11.2. The van der Waals surface area contributed by atoms with Crippen molar-refractivity contribution in [1.29, 1.82) is 0 Å². The van der Waals surface area contributed by atoms with E-state index in [4.69, 9.17) is 4.74 Å². The second kappa shape index (κ2) is 10.9. The molecule has 1 N–H and O–H groups in total. The van der Waals surface area contributed by atoms with Gasteiger partial charge < -0.3 is 14.6 Å². The maximum atomic E-state index is 14.0. The molecule has 39 heavy (non-hydrogen) atoms. The maximum Gasteiger partial charge on any atom is 0.228 e. The molecule has 4 aromatic rings. The number of H-pyrrole nitrogens is 1. The molecule has 2 saturated heterocycles. The Balaban J connectivity index is 1.14. The first kappa shape index (κ1) is 25.7. The predicted molar refractivity (Wildman–Crippen MR) is 146 cm³/mol. The Morgan fingerprint density at radius 2 is 1.92 bits per heavy atom. The quantitative estimate of drug-likeness (QED) is 0.366. The Bertz CT molecular complexity index is 1640. The number of fused-ring (bicyclic) bond motifs is 3. The monoisotopic (exact) mass is 553 g/mol. The Morgan fingerprint density at radius 3 is 2.72 bits per heavy atom. The molecule has 11 heteroatoms. The van der Waals surface area contributed by atoms with Crippen molar-refractivity contribution in [3.05, 3.63) is 60.6 Å². The third-order valence-electron chi connectivity index (χ3n) is 7.82. The van der Waals surface area contributed by atoms with Crippen LogP contribution in [0.4, 0.5) is 14.5 Å². The Labute approximate surface area is 226 Å². The van der Waals surface area contributed by atoms with E-state index in [0.717, 1.165) is 72.9 Å². The van der Waals surface area contributed by atoms with Crippen LogP contribution in [0.3, 0.4) is 0 Å². The SMILES string of the molecule is O=S(=O)=C(C1CCN(c2cc[nH]c3cnc4nccc4c23)CC1)N1CCCC(COc2ccc(F)cc2F)C1. The topological polar surface area (TPSA) is 91.4 Å². The fourth-order valence-electron chi connectivity index (χ4n) is 5.97. The lowest BCUT2D eigenvalue weighted by atomic mass is 9.92. The van der Waals surface area contributed by atoms with Crippen molar-refractivity contribution < 1.29 is 21.9 Å². The van der Waals surface area contributed by atoms with E-state index < -0.39 is 21.9 Å². The van der Waals surface area contributed by atoms with Crippen LogP contribution in [0, 0.1) is 23.5 Å². The number of nitrogens with one attached hydrogen (secondary N) is 1. The Kier molecular flexibility index (Phi) is 7.18. The molecule has 2 fully saturated rings. The van der Waals surface area contributed by atoms with Crippen molar-refractivity contribution in [2.24, 2.45) is 11.8 Å². The van der Waals surface area contributed by atoms with Crippen LogP contribution in [0.25, 0.3) is 21.9 Å². The molecule has 0 radical (unpaired) electrons. The largest absolute Gasteiger partial charge is 0.490 e. The third kappa shape index (κ3) is 5.20. The van der Waals surface area contributed by atoms with Crippen LogP contribution in [-0.2, 0) is 10.3 Å². The number of ether oxygens (including phenoxy) is 1. The lowest BCUT2D eigenvalue weighted by Crippen LogP contribution is -2.47. The van der Waals surface area contributed by atoms with Gasteiger partial charge in [0.1, 0.15) is 10.8 Å². The molecule has 1 unspecified atom stereocenters. The van der Waals surface area contributed by atoms with Gasteiger partial charge in [-0.05, 0) is 49.9 Å². The number of halogens is 2. The van der Waals surface area contributed by atoms with Gasteiger partial charge in [-0.1, -0.05) is 0 Å². The summed E-state index contributed by atoms with van der Waals surface area (Å²) in [7, 11) is -2.34. The first-order chi connectivity index (χ1) is 19.0. The molecule has 1 aromatic carbocycles. The average molecular weight is 554 g/mol. The highest BCUT2D eigenvalue weighted by Gasteiger charge is 2.32. The third-order valence-corrected chi connectivity index (χ3v) is 8.76. The summed E-state index contributed by atoms with van der Waals surface area (Å²) in [5.74, 6) is -1.41. The molecular weight excluding hydrogens is 524 g/mol. The number of nitrogens with zero attached hydrogens (tertiary/aromatic N) is 4. The van der Waals surface area contributed by atoms with Gasteiger partial charge in [0.05, 0.1) is 18.3 Å². The summed E-state index contributed by atoms with van der Waals surface area (Å²) in [6.45, 7) is 2.90. The molecule has 0 bridgehead atoms. The highest BCUT2D eigenvalue weighted by Crippen LogP contribution is 2.34. The van der Waals surface area contributed by atoms with Gasteiger partial charge in [0, 0.05) is 72.9 Å². The van der Waals surface area contributed by atoms with Gasteiger partial charge in [-0.25, -0.2) is 18.7 Å². The first-order valence-electron chi connectivity index (χ1n) is 13.2. The van der Waals surface area contributed by atoms with Gasteiger partial charge in [-0.15, -0.1) is 0 Å². The zero-order valence-corrected chi connectivity index (χ0v) is 22.1. The summed E-state index contributed by atoms with van der Waals surface area (Å²) in [5.41, 5.74) is 2.74. The molecule has 2 aliphatic rings. The Morgan fingerprint density at radius 1 is 1.08 bits per heavy atom. The smallest absolute Gasteiger partial charge is 0.228 e. The summed E-state index contributed by atoms with van der Waals surface area (Å²) in [6, 6.07) is 7.28. The van der Waals surface area contributed by atoms with Crippen LogP contribution < -0.4 is 9.64 Å². The minimum Gasteiger partial charge on any atom is -0.490 e. The number of rotatable bonds is 5. The molecule has 5 heterocycles. The van der Waals surface area contributed by atoms with E-state index in [1.165, 1.54) is 6.07 Å². The lowest BCUT2D eigenvalue weighted by molar-refractivity contribution is 0.168.